The summed E-state index contributed by atoms with van der Waals surface area (Å²) in [7, 11) is 0. The Hall–Kier alpha value is -2.48. The maximum absolute atomic E-state index is 12.4. The second-order valence-corrected chi connectivity index (χ2v) is 5.62. The van der Waals surface area contributed by atoms with Crippen molar-refractivity contribution in [2.75, 3.05) is 11.9 Å². The lowest BCUT2D eigenvalue weighted by Gasteiger charge is -2.39. The van der Waals surface area contributed by atoms with Gasteiger partial charge in [-0.2, -0.15) is 5.10 Å². The second kappa shape index (κ2) is 3.79. The Morgan fingerprint density at radius 1 is 1.43 bits per heavy atom. The third-order valence-corrected chi connectivity index (χ3v) is 4.27. The summed E-state index contributed by atoms with van der Waals surface area (Å²) in [5.41, 5.74) is -0.863. The molecule has 1 aliphatic carbocycles. The zero-order valence-electron chi connectivity index (χ0n) is 10.9. The van der Waals surface area contributed by atoms with E-state index < -0.39 is 17.0 Å². The zero-order valence-corrected chi connectivity index (χ0v) is 10.9. The zero-order chi connectivity index (χ0) is 14.7. The minimum Gasteiger partial charge on any atom is -0.479 e. The van der Waals surface area contributed by atoms with Crippen molar-refractivity contribution in [3.63, 3.8) is 0 Å². The fourth-order valence-corrected chi connectivity index (χ4v) is 3.13. The van der Waals surface area contributed by atoms with Gasteiger partial charge in [0.15, 0.2) is 11.2 Å². The van der Waals surface area contributed by atoms with Crippen molar-refractivity contribution >= 4 is 23.2 Å². The molecule has 0 radical (unpaired) electrons. The minimum atomic E-state index is -1.17. The molecular weight excluding hydrogens is 276 g/mol. The molecular formula is C13H12N4O4. The number of amides is 1. The van der Waals surface area contributed by atoms with Crippen molar-refractivity contribution in [2.24, 2.45) is 5.41 Å². The number of nitrogens with zero attached hydrogens (tertiary/aromatic N) is 3. The standard InChI is InChI=1S/C13H12N4O4/c18-10(12-5-13(6-12,11(19)20)21-7-12)16-8-4-15-17-3-1-2-14-9(8)17/h1-4H,5-7H2,(H,16,18)(H,19,20). The van der Waals surface area contributed by atoms with Gasteiger partial charge in [-0.05, 0) is 6.07 Å². The number of carboxylic acids is 1. The lowest BCUT2D eigenvalue weighted by molar-refractivity contribution is -0.165. The van der Waals surface area contributed by atoms with Gasteiger partial charge in [-0.3, -0.25) is 4.79 Å². The van der Waals surface area contributed by atoms with Crippen molar-refractivity contribution in [1.82, 2.24) is 14.6 Å². The molecule has 0 atom stereocenters. The van der Waals surface area contributed by atoms with E-state index in [1.165, 1.54) is 6.20 Å². The highest BCUT2D eigenvalue weighted by Gasteiger charge is 2.70. The lowest BCUT2D eigenvalue weighted by Crippen LogP contribution is -2.54. The summed E-state index contributed by atoms with van der Waals surface area (Å²) in [6.07, 6.45) is 5.30. The van der Waals surface area contributed by atoms with Crippen LogP contribution in [0.25, 0.3) is 5.65 Å². The topological polar surface area (TPSA) is 106 Å². The highest BCUT2D eigenvalue weighted by Crippen LogP contribution is 2.58. The summed E-state index contributed by atoms with van der Waals surface area (Å²) in [6, 6.07) is 1.74. The van der Waals surface area contributed by atoms with Gasteiger partial charge in [0.1, 0.15) is 5.69 Å². The van der Waals surface area contributed by atoms with E-state index in [9.17, 15) is 9.59 Å². The van der Waals surface area contributed by atoms with E-state index in [0.717, 1.165) is 0 Å². The van der Waals surface area contributed by atoms with Gasteiger partial charge in [0.25, 0.3) is 0 Å². The maximum atomic E-state index is 12.4. The van der Waals surface area contributed by atoms with Gasteiger partial charge in [-0.15, -0.1) is 0 Å². The largest absolute Gasteiger partial charge is 0.479 e. The molecule has 4 heterocycles. The van der Waals surface area contributed by atoms with Crippen LogP contribution in [0.3, 0.4) is 0 Å². The number of hydrogen-bond donors (Lipinski definition) is 2. The predicted octanol–water partition coefficient (Wildman–Crippen LogP) is 0.302. The summed E-state index contributed by atoms with van der Waals surface area (Å²) in [5, 5.41) is 16.0. The van der Waals surface area contributed by atoms with Gasteiger partial charge in [0.05, 0.1) is 18.2 Å². The van der Waals surface area contributed by atoms with Crippen LogP contribution in [0.4, 0.5) is 5.69 Å². The summed E-state index contributed by atoms with van der Waals surface area (Å²) in [5.74, 6) is -1.24. The highest BCUT2D eigenvalue weighted by atomic mass is 16.5. The Kier molecular flexibility index (Phi) is 2.22. The van der Waals surface area contributed by atoms with E-state index in [4.69, 9.17) is 9.84 Å². The first-order chi connectivity index (χ1) is 10.0. The number of rotatable bonds is 3. The molecule has 1 saturated carbocycles. The molecule has 108 valence electrons. The molecule has 8 nitrogen and oxygen atoms in total. The molecule has 21 heavy (non-hydrogen) atoms. The molecule has 2 aromatic heterocycles. The lowest BCUT2D eigenvalue weighted by atomic mass is 9.62. The van der Waals surface area contributed by atoms with Gasteiger partial charge in [-0.1, -0.05) is 0 Å². The van der Waals surface area contributed by atoms with Gasteiger partial charge >= 0.3 is 5.97 Å². The van der Waals surface area contributed by atoms with Crippen LogP contribution >= 0.6 is 0 Å². The van der Waals surface area contributed by atoms with Crippen molar-refractivity contribution < 1.29 is 19.4 Å². The maximum Gasteiger partial charge on any atom is 0.336 e. The fraction of sp³-hybridized carbons (Fsp3) is 0.385. The summed E-state index contributed by atoms with van der Waals surface area (Å²) < 4.78 is 6.87. The molecule has 0 aromatic carbocycles. The molecule has 2 saturated heterocycles. The monoisotopic (exact) mass is 288 g/mol. The van der Waals surface area contributed by atoms with E-state index >= 15 is 0 Å². The number of aliphatic carboxylic acids is 1. The Labute approximate surface area is 118 Å². The van der Waals surface area contributed by atoms with Crippen LogP contribution in [-0.2, 0) is 14.3 Å². The number of ether oxygens (including phenoxy) is 1. The predicted molar refractivity (Wildman–Crippen MR) is 69.6 cm³/mol. The van der Waals surface area contributed by atoms with E-state index in [2.05, 4.69) is 15.4 Å². The molecule has 1 amide bonds. The molecule has 3 aliphatic rings. The first-order valence-corrected chi connectivity index (χ1v) is 6.52. The smallest absolute Gasteiger partial charge is 0.336 e. The van der Waals surface area contributed by atoms with Crippen LogP contribution in [0.5, 0.6) is 0 Å². The van der Waals surface area contributed by atoms with Crippen LogP contribution in [-0.4, -0.2) is 43.8 Å². The second-order valence-electron chi connectivity index (χ2n) is 5.62. The third-order valence-electron chi connectivity index (χ3n) is 4.27. The molecule has 2 aliphatic heterocycles. The Morgan fingerprint density at radius 2 is 2.24 bits per heavy atom. The van der Waals surface area contributed by atoms with Crippen molar-refractivity contribution in [3.8, 4) is 0 Å². The summed E-state index contributed by atoms with van der Waals surface area (Å²) in [4.78, 5) is 27.7. The minimum absolute atomic E-state index is 0.137. The van der Waals surface area contributed by atoms with Gasteiger partial charge in [-0.25, -0.2) is 14.3 Å². The number of carbonyl (C=O) groups is 2. The van der Waals surface area contributed by atoms with E-state index in [1.54, 1.807) is 23.0 Å². The number of fused-ring (bicyclic) bond motifs is 2. The third kappa shape index (κ3) is 1.53. The van der Waals surface area contributed by atoms with Crippen LogP contribution in [0.2, 0.25) is 0 Å². The number of aromatic nitrogens is 3. The number of carbonyl (C=O) groups excluding carboxylic acids is 1. The van der Waals surface area contributed by atoms with E-state index in [0.29, 0.717) is 11.3 Å². The highest BCUT2D eigenvalue weighted by molar-refractivity contribution is 6.01. The molecule has 0 spiro atoms. The molecule has 2 N–H and O–H groups in total. The first-order valence-electron chi connectivity index (χ1n) is 6.52. The van der Waals surface area contributed by atoms with Gasteiger partial charge in [0, 0.05) is 25.2 Å². The molecule has 3 fully saturated rings. The fourth-order valence-electron chi connectivity index (χ4n) is 3.13. The van der Waals surface area contributed by atoms with Crippen LogP contribution in [0, 0.1) is 5.41 Å². The molecule has 2 aromatic rings. The molecule has 8 heteroatoms. The van der Waals surface area contributed by atoms with Crippen LogP contribution in [0.15, 0.2) is 24.7 Å². The van der Waals surface area contributed by atoms with E-state index in [-0.39, 0.29) is 25.4 Å². The normalized spacial score (nSPS) is 30.1. The Morgan fingerprint density at radius 3 is 2.95 bits per heavy atom. The van der Waals surface area contributed by atoms with E-state index in [1.807, 2.05) is 0 Å². The van der Waals surface area contributed by atoms with Gasteiger partial charge in [0.2, 0.25) is 5.91 Å². The quantitative estimate of drug-likeness (QED) is 0.841. The molecule has 2 bridgehead atoms. The van der Waals surface area contributed by atoms with Crippen molar-refractivity contribution in [3.05, 3.63) is 24.7 Å². The average Bonchev–Trinajstić information content (AvgIpc) is 3.10. The number of hydrogen-bond acceptors (Lipinski definition) is 5. The Bertz CT molecular complexity index is 762. The van der Waals surface area contributed by atoms with Crippen LogP contribution in [0.1, 0.15) is 12.8 Å². The van der Waals surface area contributed by atoms with Crippen LogP contribution < -0.4 is 5.32 Å². The summed E-state index contributed by atoms with van der Waals surface area (Å²) in [6.45, 7) is 0.137. The molecule has 5 rings (SSSR count). The Balaban J connectivity index is 1.57. The average molecular weight is 288 g/mol. The number of carboxylic acid groups (broad SMARTS) is 1. The molecule has 0 unspecified atom stereocenters. The SMILES string of the molecule is O=C(Nc1cnn2cccnc12)C12COC(C(=O)O)(C1)C2. The van der Waals surface area contributed by atoms with Crippen molar-refractivity contribution in [2.45, 2.75) is 18.4 Å². The summed E-state index contributed by atoms with van der Waals surface area (Å²) >= 11 is 0. The van der Waals surface area contributed by atoms with Crippen molar-refractivity contribution in [1.29, 1.82) is 0 Å². The first kappa shape index (κ1) is 12.3. The number of nitrogens with one attached hydrogen (secondary N) is 1. The van der Waals surface area contributed by atoms with Gasteiger partial charge < -0.3 is 15.2 Å². The number of anilines is 1.